The molecule has 8 nitrogen and oxygen atoms in total. The number of ether oxygens (including phenoxy) is 1. The Morgan fingerprint density at radius 3 is 2.48 bits per heavy atom. The third-order valence-corrected chi connectivity index (χ3v) is 6.37. The van der Waals surface area contributed by atoms with E-state index in [9.17, 15) is 19.7 Å². The number of imide groups is 1. The van der Waals surface area contributed by atoms with E-state index in [1.807, 2.05) is 26.0 Å². The summed E-state index contributed by atoms with van der Waals surface area (Å²) < 4.78 is 6.25. The molecule has 2 fully saturated rings. The van der Waals surface area contributed by atoms with Gasteiger partial charge in [0.2, 0.25) is 5.75 Å². The highest BCUT2D eigenvalue weighted by Gasteiger charge is 2.59. The van der Waals surface area contributed by atoms with Gasteiger partial charge in [0.05, 0.1) is 29.1 Å². The van der Waals surface area contributed by atoms with Crippen LogP contribution in [0.25, 0.3) is 0 Å². The van der Waals surface area contributed by atoms with Crippen molar-refractivity contribution in [3.8, 4) is 5.75 Å². The molecular weight excluding hydrogens is 442 g/mol. The van der Waals surface area contributed by atoms with Crippen molar-refractivity contribution in [2.45, 2.75) is 32.8 Å². The van der Waals surface area contributed by atoms with Crippen LogP contribution in [0.2, 0.25) is 0 Å². The largest absolute Gasteiger partial charge is 0.483 e. The van der Waals surface area contributed by atoms with E-state index in [2.05, 4.69) is 21.0 Å². The number of carbonyl (C=O) groups excluding carboxylic acids is 2. The third-order valence-electron chi connectivity index (χ3n) is 5.91. The summed E-state index contributed by atoms with van der Waals surface area (Å²) in [5.41, 5.74) is 0.115. The second kappa shape index (κ2) is 7.37. The molecule has 152 valence electrons. The Kier molecular flexibility index (Phi) is 5.02. The standard InChI is InChI=1S/C20H20BrN3O5/c1-3-10(2)29-18-13(7-14(21)8-15(18)24(27)28)9-22-23-19(25)16-11-4-5-12(6-11)17(16)20(23)26/h4-5,7-12,16-17H,3,6H2,1-2H3. The Morgan fingerprint density at radius 2 is 1.93 bits per heavy atom. The molecule has 1 aromatic rings. The van der Waals surface area contributed by atoms with Crippen LogP contribution in [0.5, 0.6) is 5.75 Å². The summed E-state index contributed by atoms with van der Waals surface area (Å²) >= 11 is 3.26. The van der Waals surface area contributed by atoms with E-state index >= 15 is 0 Å². The minimum absolute atomic E-state index is 0.0670. The van der Waals surface area contributed by atoms with Crippen molar-refractivity contribution in [2.24, 2.45) is 28.8 Å². The van der Waals surface area contributed by atoms with E-state index in [0.717, 1.165) is 11.4 Å². The van der Waals surface area contributed by atoms with E-state index in [1.165, 1.54) is 12.3 Å². The summed E-state index contributed by atoms with van der Waals surface area (Å²) in [5, 5.41) is 16.6. The van der Waals surface area contributed by atoms with Crippen molar-refractivity contribution in [1.82, 2.24) is 5.01 Å². The van der Waals surface area contributed by atoms with Crippen molar-refractivity contribution in [2.75, 3.05) is 0 Å². The molecule has 1 saturated carbocycles. The number of nitrogens with zero attached hydrogens (tertiary/aromatic N) is 3. The van der Waals surface area contributed by atoms with Gasteiger partial charge in [0.1, 0.15) is 0 Å². The average molecular weight is 462 g/mol. The van der Waals surface area contributed by atoms with Gasteiger partial charge in [0.25, 0.3) is 11.8 Å². The molecule has 29 heavy (non-hydrogen) atoms. The molecule has 0 spiro atoms. The van der Waals surface area contributed by atoms with Gasteiger partial charge in [-0.25, -0.2) is 0 Å². The molecule has 2 amide bonds. The first-order chi connectivity index (χ1) is 13.8. The Labute approximate surface area is 175 Å². The van der Waals surface area contributed by atoms with Crippen molar-refractivity contribution >= 4 is 39.6 Å². The van der Waals surface area contributed by atoms with Gasteiger partial charge >= 0.3 is 5.69 Å². The van der Waals surface area contributed by atoms with E-state index < -0.39 is 4.92 Å². The number of carbonyl (C=O) groups is 2. The van der Waals surface area contributed by atoms with Crippen LogP contribution in [-0.2, 0) is 9.59 Å². The average Bonchev–Trinajstić information content (AvgIpc) is 3.36. The lowest BCUT2D eigenvalue weighted by molar-refractivity contribution is -0.386. The number of nitro groups is 1. The SMILES string of the molecule is CCC(C)Oc1c(C=NN2C(=O)C3C4C=CC(C4)C3C2=O)cc(Br)cc1[N+](=O)[O-]. The molecule has 1 heterocycles. The predicted octanol–water partition coefficient (Wildman–Crippen LogP) is 3.68. The van der Waals surface area contributed by atoms with Crippen molar-refractivity contribution in [3.05, 3.63) is 44.4 Å². The van der Waals surface area contributed by atoms with Crippen molar-refractivity contribution in [1.29, 1.82) is 0 Å². The second-order valence-electron chi connectivity index (χ2n) is 7.67. The van der Waals surface area contributed by atoms with Crippen LogP contribution in [0.3, 0.4) is 0 Å². The fourth-order valence-electron chi connectivity index (χ4n) is 4.36. The summed E-state index contributed by atoms with van der Waals surface area (Å²) in [6.45, 7) is 3.72. The van der Waals surface area contributed by atoms with Crippen molar-refractivity contribution < 1.29 is 19.2 Å². The fourth-order valence-corrected chi connectivity index (χ4v) is 4.83. The number of benzene rings is 1. The Morgan fingerprint density at radius 1 is 1.31 bits per heavy atom. The monoisotopic (exact) mass is 461 g/mol. The molecule has 2 aliphatic carbocycles. The maximum atomic E-state index is 12.8. The lowest BCUT2D eigenvalue weighted by Crippen LogP contribution is -2.28. The van der Waals surface area contributed by atoms with E-state index in [-0.39, 0.29) is 53.0 Å². The highest BCUT2D eigenvalue weighted by molar-refractivity contribution is 9.10. The number of amides is 2. The lowest BCUT2D eigenvalue weighted by atomic mass is 9.85. The number of allylic oxidation sites excluding steroid dienone is 2. The number of halogens is 1. The molecule has 1 aromatic carbocycles. The predicted molar refractivity (Wildman–Crippen MR) is 108 cm³/mol. The van der Waals surface area contributed by atoms with Gasteiger partial charge in [-0.05, 0) is 37.7 Å². The summed E-state index contributed by atoms with van der Waals surface area (Å²) in [6.07, 6.45) is 6.57. The molecular formula is C20H20BrN3O5. The zero-order chi connectivity index (χ0) is 20.9. The quantitative estimate of drug-likeness (QED) is 0.211. The number of fused-ring (bicyclic) bond motifs is 5. The van der Waals surface area contributed by atoms with Crippen LogP contribution in [0.1, 0.15) is 32.3 Å². The zero-order valence-corrected chi connectivity index (χ0v) is 17.5. The zero-order valence-electron chi connectivity index (χ0n) is 15.9. The molecule has 5 atom stereocenters. The molecule has 3 aliphatic rings. The maximum Gasteiger partial charge on any atom is 0.312 e. The fraction of sp³-hybridized carbons (Fsp3) is 0.450. The number of rotatable bonds is 6. The topological polar surface area (TPSA) is 102 Å². The lowest BCUT2D eigenvalue weighted by Gasteiger charge is -2.16. The van der Waals surface area contributed by atoms with Crippen LogP contribution in [0.15, 0.2) is 33.9 Å². The first kappa shape index (κ1) is 19.8. The van der Waals surface area contributed by atoms with E-state index in [4.69, 9.17) is 4.74 Å². The molecule has 5 unspecified atom stereocenters. The summed E-state index contributed by atoms with van der Waals surface area (Å²) in [7, 11) is 0. The van der Waals surface area contributed by atoms with Gasteiger partial charge < -0.3 is 4.74 Å². The molecule has 2 bridgehead atoms. The first-order valence-corrected chi connectivity index (χ1v) is 10.4. The third kappa shape index (κ3) is 3.27. The van der Waals surface area contributed by atoms with E-state index in [0.29, 0.717) is 16.5 Å². The van der Waals surface area contributed by atoms with Gasteiger partial charge in [-0.15, -0.1) is 0 Å². The molecule has 9 heteroatoms. The van der Waals surface area contributed by atoms with Crippen LogP contribution >= 0.6 is 15.9 Å². The van der Waals surface area contributed by atoms with Gasteiger partial charge in [0.15, 0.2) is 0 Å². The normalized spacial score (nSPS) is 28.4. The van der Waals surface area contributed by atoms with Crippen LogP contribution in [0, 0.1) is 33.8 Å². The van der Waals surface area contributed by atoms with Crippen molar-refractivity contribution in [3.63, 3.8) is 0 Å². The maximum absolute atomic E-state index is 12.8. The minimum atomic E-state index is -0.528. The Balaban J connectivity index is 1.67. The highest BCUT2D eigenvalue weighted by Crippen LogP contribution is 2.52. The molecule has 4 rings (SSSR count). The van der Waals surface area contributed by atoms with Crippen LogP contribution < -0.4 is 4.74 Å². The number of hydrazone groups is 1. The summed E-state index contributed by atoms with van der Waals surface area (Å²) in [6, 6.07) is 2.97. The van der Waals surface area contributed by atoms with Gasteiger partial charge in [-0.3, -0.25) is 19.7 Å². The van der Waals surface area contributed by atoms with Gasteiger partial charge in [-0.2, -0.15) is 10.1 Å². The van der Waals surface area contributed by atoms with Crippen LogP contribution in [0.4, 0.5) is 5.69 Å². The molecule has 0 aromatic heterocycles. The smallest absolute Gasteiger partial charge is 0.312 e. The van der Waals surface area contributed by atoms with Crippen LogP contribution in [-0.4, -0.2) is 34.1 Å². The first-order valence-electron chi connectivity index (χ1n) is 9.56. The van der Waals surface area contributed by atoms with E-state index in [1.54, 1.807) is 6.07 Å². The Bertz CT molecular complexity index is 930. The molecule has 1 saturated heterocycles. The second-order valence-corrected chi connectivity index (χ2v) is 8.59. The Hall–Kier alpha value is -2.55. The number of hydrogen-bond donors (Lipinski definition) is 0. The van der Waals surface area contributed by atoms with Gasteiger partial charge in [0, 0.05) is 16.1 Å². The van der Waals surface area contributed by atoms with Gasteiger partial charge in [-0.1, -0.05) is 35.0 Å². The number of nitro benzene ring substituents is 1. The summed E-state index contributed by atoms with van der Waals surface area (Å²) in [4.78, 5) is 36.5. The minimum Gasteiger partial charge on any atom is -0.483 e. The highest BCUT2D eigenvalue weighted by atomic mass is 79.9. The molecule has 0 N–H and O–H groups in total. The molecule has 0 radical (unpaired) electrons. The summed E-state index contributed by atoms with van der Waals surface area (Å²) in [5.74, 6) is -1.04. The molecule has 1 aliphatic heterocycles. The number of hydrogen-bond acceptors (Lipinski definition) is 6.